The molecular formula is C23H23F3N2O3S. The van der Waals surface area contributed by atoms with E-state index in [9.17, 15) is 22.8 Å². The molecule has 1 heterocycles. The fourth-order valence-corrected chi connectivity index (χ4v) is 3.67. The number of carbonyl (C=O) groups is 2. The van der Waals surface area contributed by atoms with Crippen LogP contribution in [0.1, 0.15) is 25.0 Å². The molecule has 2 amide bonds. The first-order valence-electron chi connectivity index (χ1n) is 9.77. The zero-order chi connectivity index (χ0) is 23.5. The summed E-state index contributed by atoms with van der Waals surface area (Å²) in [6.07, 6.45) is -3.66. The monoisotopic (exact) mass is 464 g/mol. The number of ether oxygens (including phenoxy) is 1. The fourth-order valence-electron chi connectivity index (χ4n) is 3.19. The zero-order valence-electron chi connectivity index (χ0n) is 17.7. The molecule has 1 aliphatic heterocycles. The van der Waals surface area contributed by atoms with Crippen molar-refractivity contribution in [2.24, 2.45) is 5.41 Å². The van der Waals surface area contributed by atoms with Gasteiger partial charge < -0.3 is 15.4 Å². The van der Waals surface area contributed by atoms with Gasteiger partial charge in [0.1, 0.15) is 5.76 Å². The number of carbonyl (C=O) groups excluding carboxylic acids is 2. The van der Waals surface area contributed by atoms with E-state index in [1.807, 2.05) is 24.5 Å². The summed E-state index contributed by atoms with van der Waals surface area (Å²) in [6.45, 7) is 3.12. The highest BCUT2D eigenvalue weighted by Crippen LogP contribution is 2.34. The summed E-state index contributed by atoms with van der Waals surface area (Å²) in [6, 6.07) is 13.4. The third-order valence-corrected chi connectivity index (χ3v) is 5.61. The van der Waals surface area contributed by atoms with Gasteiger partial charge in [0.05, 0.1) is 22.3 Å². The molecule has 170 valence electrons. The molecule has 1 atom stereocenters. The van der Waals surface area contributed by atoms with Crippen LogP contribution in [0.3, 0.4) is 0 Å². The molecule has 0 bridgehead atoms. The van der Waals surface area contributed by atoms with Crippen LogP contribution >= 0.6 is 11.8 Å². The van der Waals surface area contributed by atoms with E-state index in [0.29, 0.717) is 22.6 Å². The van der Waals surface area contributed by atoms with Gasteiger partial charge in [-0.15, -0.1) is 0 Å². The van der Waals surface area contributed by atoms with Crippen LogP contribution in [0.5, 0.6) is 0 Å². The number of rotatable bonds is 6. The van der Waals surface area contributed by atoms with Crippen LogP contribution in [-0.2, 0) is 20.5 Å². The molecule has 2 aromatic rings. The van der Waals surface area contributed by atoms with Crippen LogP contribution in [-0.4, -0.2) is 30.1 Å². The van der Waals surface area contributed by atoms with Gasteiger partial charge in [0, 0.05) is 5.69 Å². The predicted octanol–water partition coefficient (Wildman–Crippen LogP) is 4.92. The minimum Gasteiger partial charge on any atom is -0.472 e. The standard InChI is InChI=1S/C23H23F3N2O3S/c1-22(2,20(30)27-16-11-7-10-15(12-16)23(24,25)26)21-28-19(29)18(17(31-21)13-32-3)14-8-5-4-6-9-14/h4-12,21H,13H2,1-3H3,(H,27,30)(H,28,29). The molecule has 2 aromatic carbocycles. The predicted molar refractivity (Wildman–Crippen MR) is 119 cm³/mol. The van der Waals surface area contributed by atoms with E-state index >= 15 is 0 Å². The van der Waals surface area contributed by atoms with E-state index in [1.54, 1.807) is 26.0 Å². The number of halogens is 3. The van der Waals surface area contributed by atoms with Crippen molar-refractivity contribution in [2.75, 3.05) is 17.3 Å². The lowest BCUT2D eigenvalue weighted by atomic mass is 9.88. The summed E-state index contributed by atoms with van der Waals surface area (Å²) in [5.74, 6) is -0.109. The highest BCUT2D eigenvalue weighted by atomic mass is 32.2. The second-order valence-corrected chi connectivity index (χ2v) is 8.69. The van der Waals surface area contributed by atoms with Gasteiger partial charge in [-0.3, -0.25) is 9.59 Å². The van der Waals surface area contributed by atoms with Gasteiger partial charge in [0.15, 0.2) is 6.23 Å². The highest BCUT2D eigenvalue weighted by Gasteiger charge is 2.43. The van der Waals surface area contributed by atoms with Crippen molar-refractivity contribution in [3.63, 3.8) is 0 Å². The first kappa shape index (κ1) is 23.7. The van der Waals surface area contributed by atoms with Crippen LogP contribution in [0.15, 0.2) is 60.4 Å². The summed E-state index contributed by atoms with van der Waals surface area (Å²) < 4.78 is 45.0. The molecule has 32 heavy (non-hydrogen) atoms. The molecule has 0 radical (unpaired) electrons. The van der Waals surface area contributed by atoms with Crippen molar-refractivity contribution >= 4 is 34.8 Å². The van der Waals surface area contributed by atoms with Gasteiger partial charge in [-0.2, -0.15) is 24.9 Å². The number of benzene rings is 2. The van der Waals surface area contributed by atoms with Crippen molar-refractivity contribution in [3.8, 4) is 0 Å². The largest absolute Gasteiger partial charge is 0.472 e. The second-order valence-electron chi connectivity index (χ2n) is 7.82. The van der Waals surface area contributed by atoms with Gasteiger partial charge in [-0.05, 0) is 43.9 Å². The molecule has 9 heteroatoms. The summed E-state index contributed by atoms with van der Waals surface area (Å²) >= 11 is 1.47. The van der Waals surface area contributed by atoms with Gasteiger partial charge in [-0.25, -0.2) is 0 Å². The minimum absolute atomic E-state index is 0.00453. The third-order valence-electron chi connectivity index (χ3n) is 5.05. The van der Waals surface area contributed by atoms with Crippen LogP contribution in [0, 0.1) is 5.41 Å². The summed E-state index contributed by atoms with van der Waals surface area (Å²) in [7, 11) is 0. The Morgan fingerprint density at radius 2 is 1.81 bits per heavy atom. The second kappa shape index (κ2) is 9.28. The Bertz CT molecular complexity index is 1040. The fraction of sp³-hybridized carbons (Fsp3) is 0.304. The molecule has 2 N–H and O–H groups in total. The summed E-state index contributed by atoms with van der Waals surface area (Å²) in [5, 5.41) is 5.23. The van der Waals surface area contributed by atoms with Crippen LogP contribution in [0.4, 0.5) is 18.9 Å². The molecule has 0 fully saturated rings. The van der Waals surface area contributed by atoms with E-state index < -0.39 is 29.3 Å². The number of anilines is 1. The van der Waals surface area contributed by atoms with Gasteiger partial charge in [0.2, 0.25) is 5.91 Å². The number of hydrogen-bond donors (Lipinski definition) is 2. The maximum absolute atomic E-state index is 13.0. The normalized spacial score (nSPS) is 16.9. The smallest absolute Gasteiger partial charge is 0.416 e. The van der Waals surface area contributed by atoms with Crippen molar-refractivity contribution in [3.05, 3.63) is 71.5 Å². The highest BCUT2D eigenvalue weighted by molar-refractivity contribution is 7.98. The average Bonchev–Trinajstić information content (AvgIpc) is 2.74. The van der Waals surface area contributed by atoms with Crippen LogP contribution in [0.25, 0.3) is 5.57 Å². The molecule has 1 unspecified atom stereocenters. The molecule has 0 aliphatic carbocycles. The van der Waals surface area contributed by atoms with Crippen molar-refractivity contribution in [1.82, 2.24) is 5.32 Å². The number of amides is 2. The minimum atomic E-state index is -4.53. The number of hydrogen-bond acceptors (Lipinski definition) is 4. The Hall–Kier alpha value is -2.94. The lowest BCUT2D eigenvalue weighted by Gasteiger charge is -2.38. The Labute approximate surface area is 188 Å². The van der Waals surface area contributed by atoms with Crippen LogP contribution in [0.2, 0.25) is 0 Å². The summed E-state index contributed by atoms with van der Waals surface area (Å²) in [4.78, 5) is 25.9. The number of thioether (sulfide) groups is 1. The summed E-state index contributed by atoms with van der Waals surface area (Å²) in [5.41, 5.74) is -1.06. The van der Waals surface area contributed by atoms with Gasteiger partial charge in [0.25, 0.3) is 5.91 Å². The Balaban J connectivity index is 1.85. The molecular weight excluding hydrogens is 441 g/mol. The van der Waals surface area contributed by atoms with Crippen molar-refractivity contribution < 1.29 is 27.5 Å². The van der Waals surface area contributed by atoms with Crippen molar-refractivity contribution in [1.29, 1.82) is 0 Å². The maximum atomic E-state index is 13.0. The lowest BCUT2D eigenvalue weighted by Crippen LogP contribution is -2.54. The molecule has 5 nitrogen and oxygen atoms in total. The lowest BCUT2D eigenvalue weighted by molar-refractivity contribution is -0.139. The molecule has 0 aromatic heterocycles. The SMILES string of the molecule is CSCC1=C(c2ccccc2)C(=O)NC(C(C)(C)C(=O)Nc2cccc(C(F)(F)F)c2)O1. The van der Waals surface area contributed by atoms with Gasteiger partial charge >= 0.3 is 6.18 Å². The first-order valence-corrected chi connectivity index (χ1v) is 11.2. The first-order chi connectivity index (χ1) is 15.0. The Morgan fingerprint density at radius 3 is 2.44 bits per heavy atom. The Kier molecular flexibility index (Phi) is 6.88. The van der Waals surface area contributed by atoms with E-state index in [1.165, 1.54) is 23.9 Å². The molecule has 1 aliphatic rings. The number of nitrogens with one attached hydrogen (secondary N) is 2. The molecule has 0 saturated heterocycles. The van der Waals surface area contributed by atoms with E-state index in [-0.39, 0.29) is 11.6 Å². The van der Waals surface area contributed by atoms with Crippen molar-refractivity contribution in [2.45, 2.75) is 26.3 Å². The third kappa shape index (κ3) is 5.09. The van der Waals surface area contributed by atoms with E-state index in [4.69, 9.17) is 4.74 Å². The zero-order valence-corrected chi connectivity index (χ0v) is 18.6. The van der Waals surface area contributed by atoms with E-state index in [2.05, 4.69) is 10.6 Å². The Morgan fingerprint density at radius 1 is 1.12 bits per heavy atom. The maximum Gasteiger partial charge on any atom is 0.416 e. The average molecular weight is 465 g/mol. The van der Waals surface area contributed by atoms with E-state index in [0.717, 1.165) is 12.1 Å². The molecule has 3 rings (SSSR count). The molecule has 0 spiro atoms. The topological polar surface area (TPSA) is 67.4 Å². The quantitative estimate of drug-likeness (QED) is 0.637. The van der Waals surface area contributed by atoms with Gasteiger partial charge in [-0.1, -0.05) is 36.4 Å². The molecule has 0 saturated carbocycles. The van der Waals surface area contributed by atoms with Crippen LogP contribution < -0.4 is 10.6 Å². The number of alkyl halides is 3.